The van der Waals surface area contributed by atoms with Crippen molar-refractivity contribution in [2.45, 2.75) is 19.5 Å². The van der Waals surface area contributed by atoms with Crippen LogP contribution in [0.15, 0.2) is 54.9 Å². The van der Waals surface area contributed by atoms with E-state index in [1.165, 1.54) is 0 Å². The highest BCUT2D eigenvalue weighted by Crippen LogP contribution is 2.22. The van der Waals surface area contributed by atoms with Gasteiger partial charge in [-0.3, -0.25) is 9.20 Å². The highest BCUT2D eigenvalue weighted by molar-refractivity contribution is 5.84. The molecule has 26 heavy (non-hydrogen) atoms. The van der Waals surface area contributed by atoms with Crippen LogP contribution >= 0.6 is 0 Å². The minimum absolute atomic E-state index is 0.0847. The number of hydrogen-bond donors (Lipinski definition) is 1. The standard InChI is InChI=1S/C19H19N5O2/c1-13(19-22-21-17-5-3-4-9-24(17)19)20-18(25)12-23-10-8-14-11-15(26-2)6-7-16(14)23/h3-11,13H,12H2,1-2H3,(H,20,25)/t13-/m1/s1. The van der Waals surface area contributed by atoms with Crippen molar-refractivity contribution in [3.8, 4) is 5.75 Å². The summed E-state index contributed by atoms with van der Waals surface area (Å²) in [7, 11) is 1.64. The van der Waals surface area contributed by atoms with E-state index in [1.54, 1.807) is 7.11 Å². The van der Waals surface area contributed by atoms with Crippen molar-refractivity contribution in [2.24, 2.45) is 0 Å². The number of benzene rings is 1. The number of rotatable bonds is 5. The average molecular weight is 349 g/mol. The number of hydrogen-bond acceptors (Lipinski definition) is 4. The van der Waals surface area contributed by atoms with Gasteiger partial charge in [0.05, 0.1) is 13.2 Å². The summed E-state index contributed by atoms with van der Waals surface area (Å²) in [6, 6.07) is 13.2. The summed E-state index contributed by atoms with van der Waals surface area (Å²) in [6.07, 6.45) is 3.79. The summed E-state index contributed by atoms with van der Waals surface area (Å²) >= 11 is 0. The molecule has 0 fully saturated rings. The average Bonchev–Trinajstić information content (AvgIpc) is 3.25. The van der Waals surface area contributed by atoms with Crippen LogP contribution < -0.4 is 10.1 Å². The number of methoxy groups -OCH3 is 1. The lowest BCUT2D eigenvalue weighted by Gasteiger charge is -2.13. The van der Waals surface area contributed by atoms with Gasteiger partial charge in [0.2, 0.25) is 5.91 Å². The summed E-state index contributed by atoms with van der Waals surface area (Å²) in [6.45, 7) is 2.14. The maximum atomic E-state index is 12.5. The Bertz CT molecular complexity index is 1080. The molecule has 0 bridgehead atoms. The monoisotopic (exact) mass is 349 g/mol. The van der Waals surface area contributed by atoms with Gasteiger partial charge < -0.3 is 14.6 Å². The van der Waals surface area contributed by atoms with E-state index < -0.39 is 0 Å². The first-order valence-electron chi connectivity index (χ1n) is 8.37. The van der Waals surface area contributed by atoms with Gasteiger partial charge in [-0.05, 0) is 43.3 Å². The predicted molar refractivity (Wildman–Crippen MR) is 98.0 cm³/mol. The number of carbonyl (C=O) groups excluding carboxylic acids is 1. The first-order chi connectivity index (χ1) is 12.7. The molecule has 3 aromatic heterocycles. The van der Waals surface area contributed by atoms with Gasteiger partial charge in [0.25, 0.3) is 0 Å². The van der Waals surface area contributed by atoms with E-state index in [9.17, 15) is 4.79 Å². The molecule has 132 valence electrons. The summed E-state index contributed by atoms with van der Waals surface area (Å²) in [5, 5.41) is 12.3. The van der Waals surface area contributed by atoms with Crippen molar-refractivity contribution in [1.29, 1.82) is 0 Å². The number of fused-ring (bicyclic) bond motifs is 2. The van der Waals surface area contributed by atoms with E-state index in [4.69, 9.17) is 4.74 Å². The van der Waals surface area contributed by atoms with Crippen LogP contribution in [-0.2, 0) is 11.3 Å². The van der Waals surface area contributed by atoms with Gasteiger partial charge in [-0.2, -0.15) is 0 Å². The number of aromatic nitrogens is 4. The minimum atomic E-state index is -0.248. The first-order valence-corrected chi connectivity index (χ1v) is 8.37. The lowest BCUT2D eigenvalue weighted by molar-refractivity contribution is -0.122. The van der Waals surface area contributed by atoms with Crippen LogP contribution in [0.4, 0.5) is 0 Å². The lowest BCUT2D eigenvalue weighted by atomic mass is 10.2. The third-order valence-corrected chi connectivity index (χ3v) is 4.40. The van der Waals surface area contributed by atoms with Crippen LogP contribution in [0.25, 0.3) is 16.6 Å². The van der Waals surface area contributed by atoms with Gasteiger partial charge in [0.1, 0.15) is 12.3 Å². The maximum Gasteiger partial charge on any atom is 0.240 e. The van der Waals surface area contributed by atoms with E-state index in [2.05, 4.69) is 15.5 Å². The Morgan fingerprint density at radius 1 is 1.19 bits per heavy atom. The van der Waals surface area contributed by atoms with Crippen LogP contribution in [0.2, 0.25) is 0 Å². The first kappa shape index (κ1) is 16.1. The minimum Gasteiger partial charge on any atom is -0.497 e. The normalized spacial score (nSPS) is 12.4. The Hall–Kier alpha value is -3.35. The number of carbonyl (C=O) groups is 1. The summed E-state index contributed by atoms with van der Waals surface area (Å²) in [4.78, 5) is 12.5. The molecule has 0 aliphatic heterocycles. The lowest BCUT2D eigenvalue weighted by Crippen LogP contribution is -2.30. The summed E-state index contributed by atoms with van der Waals surface area (Å²) < 4.78 is 9.03. The van der Waals surface area contributed by atoms with Crippen LogP contribution in [0.1, 0.15) is 18.8 Å². The van der Waals surface area contributed by atoms with Crippen molar-refractivity contribution in [3.63, 3.8) is 0 Å². The maximum absolute atomic E-state index is 12.5. The molecule has 0 spiro atoms. The largest absolute Gasteiger partial charge is 0.497 e. The van der Waals surface area contributed by atoms with Crippen LogP contribution in [0, 0.1) is 0 Å². The van der Waals surface area contributed by atoms with Crippen LogP contribution in [0.3, 0.4) is 0 Å². The van der Waals surface area contributed by atoms with E-state index in [-0.39, 0.29) is 18.5 Å². The van der Waals surface area contributed by atoms with E-state index in [1.807, 2.05) is 70.7 Å². The van der Waals surface area contributed by atoms with Gasteiger partial charge in [-0.1, -0.05) is 6.07 Å². The van der Waals surface area contributed by atoms with Crippen molar-refractivity contribution in [3.05, 3.63) is 60.7 Å². The third-order valence-electron chi connectivity index (χ3n) is 4.40. The third kappa shape index (κ3) is 2.88. The SMILES string of the molecule is COc1ccc2c(ccn2CC(=O)N[C@H](C)c2nnc3ccccn23)c1. The second-order valence-electron chi connectivity index (χ2n) is 6.14. The molecule has 0 radical (unpaired) electrons. The quantitative estimate of drug-likeness (QED) is 0.601. The van der Waals surface area contributed by atoms with E-state index >= 15 is 0 Å². The van der Waals surface area contributed by atoms with Gasteiger partial charge >= 0.3 is 0 Å². The molecule has 7 nitrogen and oxygen atoms in total. The second-order valence-corrected chi connectivity index (χ2v) is 6.14. The Kier molecular flexibility index (Phi) is 4.04. The number of pyridine rings is 1. The fraction of sp³-hybridized carbons (Fsp3) is 0.211. The summed E-state index contributed by atoms with van der Waals surface area (Å²) in [5.41, 5.74) is 1.75. The molecule has 7 heteroatoms. The Morgan fingerprint density at radius 3 is 2.92 bits per heavy atom. The zero-order valence-corrected chi connectivity index (χ0v) is 14.6. The molecule has 4 rings (SSSR count). The summed E-state index contributed by atoms with van der Waals surface area (Å²) in [5.74, 6) is 1.42. The second kappa shape index (κ2) is 6.51. The van der Waals surface area contributed by atoms with Crippen molar-refractivity contribution in [1.82, 2.24) is 24.5 Å². The Balaban J connectivity index is 1.50. The molecule has 4 aromatic rings. The predicted octanol–water partition coefficient (Wildman–Crippen LogP) is 2.57. The highest BCUT2D eigenvalue weighted by atomic mass is 16.5. The number of amides is 1. The van der Waals surface area contributed by atoms with Crippen molar-refractivity contribution >= 4 is 22.5 Å². The fourth-order valence-corrected chi connectivity index (χ4v) is 3.10. The van der Waals surface area contributed by atoms with Crippen molar-refractivity contribution in [2.75, 3.05) is 7.11 Å². The number of nitrogens with one attached hydrogen (secondary N) is 1. The van der Waals surface area contributed by atoms with E-state index in [0.29, 0.717) is 5.82 Å². The molecule has 1 aromatic carbocycles. The van der Waals surface area contributed by atoms with Crippen molar-refractivity contribution < 1.29 is 9.53 Å². The Morgan fingerprint density at radius 2 is 2.08 bits per heavy atom. The highest BCUT2D eigenvalue weighted by Gasteiger charge is 2.16. The molecular formula is C19H19N5O2. The molecule has 1 amide bonds. The molecule has 0 aliphatic rings. The molecule has 0 unspecified atom stereocenters. The number of nitrogens with zero attached hydrogens (tertiary/aromatic N) is 4. The molecule has 0 saturated carbocycles. The van der Waals surface area contributed by atoms with Crippen LogP contribution in [0.5, 0.6) is 5.75 Å². The number of ether oxygens (including phenoxy) is 1. The molecule has 1 atom stereocenters. The van der Waals surface area contributed by atoms with Gasteiger partial charge in [-0.25, -0.2) is 0 Å². The van der Waals surface area contributed by atoms with E-state index in [0.717, 1.165) is 22.3 Å². The van der Waals surface area contributed by atoms with Crippen LogP contribution in [-0.4, -0.2) is 32.2 Å². The van der Waals surface area contributed by atoms with Gasteiger partial charge in [0.15, 0.2) is 11.5 Å². The topological polar surface area (TPSA) is 73.4 Å². The van der Waals surface area contributed by atoms with Gasteiger partial charge in [-0.15, -0.1) is 10.2 Å². The molecular weight excluding hydrogens is 330 g/mol. The molecule has 0 saturated heterocycles. The zero-order valence-electron chi connectivity index (χ0n) is 14.6. The van der Waals surface area contributed by atoms with Gasteiger partial charge in [0, 0.05) is 23.3 Å². The smallest absolute Gasteiger partial charge is 0.240 e. The fourth-order valence-electron chi connectivity index (χ4n) is 3.10. The molecule has 3 heterocycles. The molecule has 0 aliphatic carbocycles. The Labute approximate surface area is 150 Å². The zero-order chi connectivity index (χ0) is 18.1. The molecule has 1 N–H and O–H groups in total.